The molecule has 1 aromatic rings. The summed E-state index contributed by atoms with van der Waals surface area (Å²) in [6.07, 6.45) is 1.30. The van der Waals surface area contributed by atoms with E-state index in [1.807, 2.05) is 22.3 Å². The number of rotatable bonds is 1. The second kappa shape index (κ2) is 4.79. The zero-order valence-corrected chi connectivity index (χ0v) is 10.3. The first kappa shape index (κ1) is 10.7. The number of cyclic esters (lactones) is 1. The van der Waals surface area contributed by atoms with E-state index in [0.29, 0.717) is 6.42 Å². The number of allylic oxidation sites excluding steroid dienone is 1. The normalized spacial score (nSPS) is 23.9. The molecular formula is C12H11IO2. The number of esters is 1. The molecule has 0 aliphatic carbocycles. The van der Waals surface area contributed by atoms with Gasteiger partial charge in [0.25, 0.3) is 0 Å². The van der Waals surface area contributed by atoms with E-state index < -0.39 is 0 Å². The molecule has 15 heavy (non-hydrogen) atoms. The Balaban J connectivity index is 2.20. The van der Waals surface area contributed by atoms with Gasteiger partial charge in [-0.1, -0.05) is 30.3 Å². The molecule has 2 nitrogen and oxygen atoms in total. The zero-order valence-electron chi connectivity index (χ0n) is 8.15. The minimum absolute atomic E-state index is 0.127. The maximum atomic E-state index is 11.3. The number of carbonyl (C=O) groups excluding carboxylic acids is 1. The smallest absolute Gasteiger partial charge is 0.311 e. The van der Waals surface area contributed by atoms with Crippen molar-refractivity contribution >= 4 is 28.6 Å². The van der Waals surface area contributed by atoms with E-state index in [2.05, 4.69) is 34.7 Å². The van der Waals surface area contributed by atoms with Crippen molar-refractivity contribution in [3.63, 3.8) is 0 Å². The molecule has 0 bridgehead atoms. The standard InChI is InChI=1S/C12H11IO2/c13-8-11-6-10(7-12(14)15-11)9-4-2-1-3-5-9/h1-5,8,10H,6-7H2/b11-8+. The van der Waals surface area contributed by atoms with Crippen LogP contribution in [0.25, 0.3) is 0 Å². The van der Waals surface area contributed by atoms with Gasteiger partial charge in [-0.15, -0.1) is 0 Å². The summed E-state index contributed by atoms with van der Waals surface area (Å²) in [5.74, 6) is 0.923. The van der Waals surface area contributed by atoms with Gasteiger partial charge in [0, 0.05) is 16.4 Å². The van der Waals surface area contributed by atoms with Crippen LogP contribution in [-0.2, 0) is 9.53 Å². The third-order valence-corrected chi connectivity index (χ3v) is 3.19. The summed E-state index contributed by atoms with van der Waals surface area (Å²) in [6, 6.07) is 10.1. The Labute approximate surface area is 102 Å². The molecule has 1 fully saturated rings. The van der Waals surface area contributed by atoms with Crippen LogP contribution in [0.3, 0.4) is 0 Å². The van der Waals surface area contributed by atoms with Gasteiger partial charge in [0.05, 0.1) is 6.42 Å². The van der Waals surface area contributed by atoms with Crippen molar-refractivity contribution in [3.05, 3.63) is 45.7 Å². The van der Waals surface area contributed by atoms with Crippen molar-refractivity contribution in [2.45, 2.75) is 18.8 Å². The molecule has 0 N–H and O–H groups in total. The average molecular weight is 314 g/mol. The van der Waals surface area contributed by atoms with Crippen LogP contribution in [0.4, 0.5) is 0 Å². The lowest BCUT2D eigenvalue weighted by Gasteiger charge is -2.23. The number of benzene rings is 1. The van der Waals surface area contributed by atoms with E-state index >= 15 is 0 Å². The Hall–Kier alpha value is -0.840. The van der Waals surface area contributed by atoms with Crippen LogP contribution in [0.15, 0.2) is 40.2 Å². The number of hydrogen-bond donors (Lipinski definition) is 0. The van der Waals surface area contributed by atoms with Gasteiger partial charge >= 0.3 is 5.97 Å². The molecule has 1 heterocycles. The molecular weight excluding hydrogens is 303 g/mol. The monoisotopic (exact) mass is 314 g/mol. The lowest BCUT2D eigenvalue weighted by molar-refractivity contribution is -0.142. The van der Waals surface area contributed by atoms with Gasteiger partial charge in [-0.3, -0.25) is 4.79 Å². The van der Waals surface area contributed by atoms with Crippen LogP contribution in [0.2, 0.25) is 0 Å². The van der Waals surface area contributed by atoms with E-state index in [0.717, 1.165) is 12.2 Å². The molecule has 2 rings (SSSR count). The highest BCUT2D eigenvalue weighted by Gasteiger charge is 2.25. The molecule has 0 spiro atoms. The van der Waals surface area contributed by atoms with Crippen molar-refractivity contribution in [2.75, 3.05) is 0 Å². The summed E-state index contributed by atoms with van der Waals surface area (Å²) >= 11 is 2.11. The minimum atomic E-state index is -0.127. The molecule has 0 aromatic heterocycles. The predicted octanol–water partition coefficient (Wildman–Crippen LogP) is 3.38. The van der Waals surface area contributed by atoms with E-state index in [1.165, 1.54) is 5.56 Å². The quantitative estimate of drug-likeness (QED) is 0.587. The molecule has 78 valence electrons. The molecule has 1 aliphatic heterocycles. The van der Waals surface area contributed by atoms with Crippen molar-refractivity contribution in [1.82, 2.24) is 0 Å². The number of hydrogen-bond acceptors (Lipinski definition) is 2. The molecule has 1 atom stereocenters. The molecule has 3 heteroatoms. The molecule has 1 aromatic carbocycles. The Morgan fingerprint density at radius 1 is 1.27 bits per heavy atom. The fraction of sp³-hybridized carbons (Fsp3) is 0.250. The third-order valence-electron chi connectivity index (χ3n) is 2.50. The highest BCUT2D eigenvalue weighted by atomic mass is 127. The van der Waals surface area contributed by atoms with Gasteiger partial charge in [-0.25, -0.2) is 0 Å². The van der Waals surface area contributed by atoms with Gasteiger partial charge in [0.2, 0.25) is 0 Å². The van der Waals surface area contributed by atoms with Gasteiger partial charge in [-0.05, 0) is 28.2 Å². The highest BCUT2D eigenvalue weighted by Crippen LogP contribution is 2.32. The highest BCUT2D eigenvalue weighted by molar-refractivity contribution is 14.1. The van der Waals surface area contributed by atoms with E-state index in [4.69, 9.17) is 4.74 Å². The summed E-state index contributed by atoms with van der Waals surface area (Å²) < 4.78 is 6.94. The summed E-state index contributed by atoms with van der Waals surface area (Å²) in [6.45, 7) is 0. The molecule has 1 aliphatic rings. The lowest BCUT2D eigenvalue weighted by Crippen LogP contribution is -2.17. The van der Waals surface area contributed by atoms with Crippen molar-refractivity contribution in [2.24, 2.45) is 0 Å². The predicted molar refractivity (Wildman–Crippen MR) is 66.6 cm³/mol. The van der Waals surface area contributed by atoms with E-state index in [9.17, 15) is 4.79 Å². The summed E-state index contributed by atoms with van der Waals surface area (Å²) in [5.41, 5.74) is 1.21. The minimum Gasteiger partial charge on any atom is -0.431 e. The van der Waals surface area contributed by atoms with Crippen LogP contribution in [0.5, 0.6) is 0 Å². The topological polar surface area (TPSA) is 26.3 Å². The van der Waals surface area contributed by atoms with E-state index in [1.54, 1.807) is 0 Å². The van der Waals surface area contributed by atoms with Gasteiger partial charge < -0.3 is 4.74 Å². The Kier molecular flexibility index (Phi) is 3.41. The second-order valence-electron chi connectivity index (χ2n) is 3.57. The van der Waals surface area contributed by atoms with E-state index in [-0.39, 0.29) is 11.9 Å². The van der Waals surface area contributed by atoms with Gasteiger partial charge in [-0.2, -0.15) is 0 Å². The Morgan fingerprint density at radius 3 is 2.67 bits per heavy atom. The number of carbonyl (C=O) groups is 1. The maximum absolute atomic E-state index is 11.3. The first-order valence-corrected chi connectivity index (χ1v) is 6.09. The molecule has 0 radical (unpaired) electrons. The molecule has 1 saturated heterocycles. The first-order valence-electron chi connectivity index (χ1n) is 4.84. The fourth-order valence-corrected chi connectivity index (χ4v) is 2.15. The van der Waals surface area contributed by atoms with Crippen LogP contribution >= 0.6 is 22.6 Å². The van der Waals surface area contributed by atoms with Gasteiger partial charge in [0.1, 0.15) is 5.76 Å². The van der Waals surface area contributed by atoms with Crippen LogP contribution in [0.1, 0.15) is 24.3 Å². The average Bonchev–Trinajstić information content (AvgIpc) is 2.29. The first-order chi connectivity index (χ1) is 7.29. The largest absolute Gasteiger partial charge is 0.431 e. The third kappa shape index (κ3) is 2.59. The lowest BCUT2D eigenvalue weighted by atomic mass is 9.90. The number of ether oxygens (including phenoxy) is 1. The molecule has 0 saturated carbocycles. The summed E-state index contributed by atoms with van der Waals surface area (Å²) in [7, 11) is 0. The van der Waals surface area contributed by atoms with Crippen LogP contribution < -0.4 is 0 Å². The van der Waals surface area contributed by atoms with Crippen LogP contribution in [-0.4, -0.2) is 5.97 Å². The molecule has 0 amide bonds. The molecule has 1 unspecified atom stereocenters. The Bertz CT molecular complexity index is 384. The van der Waals surface area contributed by atoms with Gasteiger partial charge in [0.15, 0.2) is 0 Å². The second-order valence-corrected chi connectivity index (χ2v) is 4.19. The van der Waals surface area contributed by atoms with Crippen molar-refractivity contribution in [1.29, 1.82) is 0 Å². The van der Waals surface area contributed by atoms with Crippen LogP contribution in [0, 0.1) is 0 Å². The van der Waals surface area contributed by atoms with Crippen molar-refractivity contribution < 1.29 is 9.53 Å². The number of halogens is 1. The maximum Gasteiger partial charge on any atom is 0.311 e. The SMILES string of the molecule is O=C1CC(c2ccccc2)C/C(=C\I)O1. The Morgan fingerprint density at radius 2 is 2.00 bits per heavy atom. The zero-order chi connectivity index (χ0) is 10.7. The summed E-state index contributed by atoms with van der Waals surface area (Å²) in [5, 5.41) is 0. The van der Waals surface area contributed by atoms with Crippen molar-refractivity contribution in [3.8, 4) is 0 Å². The fourth-order valence-electron chi connectivity index (χ4n) is 1.77. The summed E-state index contributed by atoms with van der Waals surface area (Å²) in [4.78, 5) is 11.3.